The molecule has 2 atom stereocenters. The lowest BCUT2D eigenvalue weighted by molar-refractivity contribution is 0.0572. The second-order valence-electron chi connectivity index (χ2n) is 5.24. The van der Waals surface area contributed by atoms with Gasteiger partial charge in [-0.15, -0.1) is 23.1 Å². The van der Waals surface area contributed by atoms with Gasteiger partial charge in [0.2, 0.25) is 0 Å². The number of aliphatic hydroxyl groups is 2. The average molecular weight is 316 g/mol. The molecule has 1 aromatic rings. The molecule has 1 aliphatic rings. The third kappa shape index (κ3) is 2.67. The van der Waals surface area contributed by atoms with Crippen molar-refractivity contribution in [3.05, 3.63) is 4.88 Å². The fourth-order valence-electron chi connectivity index (χ4n) is 2.20. The fraction of sp³-hybridized carbons (Fsp3) is 0.615. The van der Waals surface area contributed by atoms with Gasteiger partial charge in [0, 0.05) is 19.0 Å². The van der Waals surface area contributed by atoms with Gasteiger partial charge in [0.1, 0.15) is 5.00 Å². The Morgan fingerprint density at radius 2 is 1.95 bits per heavy atom. The maximum absolute atomic E-state index is 12.2. The SMILES string of the molecule is CSc1c(N2CC(O)C(O)C2)sc(C(=O)C(C)C)c1N. The number of anilines is 2. The number of nitrogens with two attached hydrogens (primary N) is 1. The van der Waals surface area contributed by atoms with Crippen molar-refractivity contribution in [2.45, 2.75) is 31.0 Å². The third-order valence-corrected chi connectivity index (χ3v) is 5.61. The third-order valence-electron chi connectivity index (χ3n) is 3.38. The molecular formula is C13H20N2O3S2. The maximum Gasteiger partial charge on any atom is 0.177 e. The van der Waals surface area contributed by atoms with Crippen LogP contribution in [0.5, 0.6) is 0 Å². The molecule has 5 nitrogen and oxygen atoms in total. The fourth-order valence-corrected chi connectivity index (χ4v) is 4.49. The number of β-amino-alcohol motifs (C(OH)–C–C–N with tert-alkyl or cyclic N) is 2. The summed E-state index contributed by atoms with van der Waals surface area (Å²) in [6.45, 7) is 4.43. The van der Waals surface area contributed by atoms with Crippen LogP contribution in [0.1, 0.15) is 23.5 Å². The van der Waals surface area contributed by atoms with Crippen LogP contribution in [0.3, 0.4) is 0 Å². The number of hydrogen-bond donors (Lipinski definition) is 3. The summed E-state index contributed by atoms with van der Waals surface area (Å²) in [5.74, 6) is -0.0670. The number of carbonyl (C=O) groups is 1. The number of nitrogens with zero attached hydrogens (tertiary/aromatic N) is 1. The van der Waals surface area contributed by atoms with E-state index in [4.69, 9.17) is 5.73 Å². The minimum Gasteiger partial charge on any atom is -0.396 e. The van der Waals surface area contributed by atoms with Crippen LogP contribution in [-0.2, 0) is 0 Å². The van der Waals surface area contributed by atoms with Crippen molar-refractivity contribution in [1.82, 2.24) is 0 Å². The number of carbonyl (C=O) groups excluding carboxylic acids is 1. The van der Waals surface area contributed by atoms with Crippen molar-refractivity contribution >= 4 is 39.6 Å². The number of Topliss-reactive ketones (excluding diaryl/α,β-unsaturated/α-hetero) is 1. The van der Waals surface area contributed by atoms with Gasteiger partial charge in [0.25, 0.3) is 0 Å². The molecule has 7 heteroatoms. The molecule has 0 saturated carbocycles. The second kappa shape index (κ2) is 5.93. The summed E-state index contributed by atoms with van der Waals surface area (Å²) >= 11 is 2.85. The van der Waals surface area contributed by atoms with Crippen molar-refractivity contribution in [3.8, 4) is 0 Å². The highest BCUT2D eigenvalue weighted by molar-refractivity contribution is 7.99. The highest BCUT2D eigenvalue weighted by atomic mass is 32.2. The van der Waals surface area contributed by atoms with Crippen LogP contribution < -0.4 is 10.6 Å². The average Bonchev–Trinajstić information content (AvgIpc) is 2.89. The first-order chi connectivity index (χ1) is 9.36. The number of hydrogen-bond acceptors (Lipinski definition) is 7. The Hall–Kier alpha value is -0.760. The van der Waals surface area contributed by atoms with Crippen LogP contribution >= 0.6 is 23.1 Å². The molecule has 0 bridgehead atoms. The second-order valence-corrected chi connectivity index (χ2v) is 7.06. The molecular weight excluding hydrogens is 296 g/mol. The van der Waals surface area contributed by atoms with Gasteiger partial charge in [-0.25, -0.2) is 0 Å². The Kier molecular flexibility index (Phi) is 4.63. The van der Waals surface area contributed by atoms with Crippen LogP contribution in [0.25, 0.3) is 0 Å². The number of aliphatic hydroxyl groups excluding tert-OH is 2. The quantitative estimate of drug-likeness (QED) is 0.575. The van der Waals surface area contributed by atoms with Crippen molar-refractivity contribution in [2.24, 2.45) is 5.92 Å². The summed E-state index contributed by atoms with van der Waals surface area (Å²) in [5.41, 5.74) is 6.63. The zero-order valence-corrected chi connectivity index (χ0v) is 13.4. The monoisotopic (exact) mass is 316 g/mol. The highest BCUT2D eigenvalue weighted by Gasteiger charge is 2.33. The largest absolute Gasteiger partial charge is 0.396 e. The summed E-state index contributed by atoms with van der Waals surface area (Å²) in [7, 11) is 0. The molecule has 0 radical (unpaired) electrons. The van der Waals surface area contributed by atoms with Crippen LogP contribution in [0.2, 0.25) is 0 Å². The zero-order chi connectivity index (χ0) is 15.0. The lowest BCUT2D eigenvalue weighted by atomic mass is 10.1. The van der Waals surface area contributed by atoms with Crippen molar-refractivity contribution in [1.29, 1.82) is 0 Å². The molecule has 0 spiro atoms. The van der Waals surface area contributed by atoms with Gasteiger partial charge >= 0.3 is 0 Å². The van der Waals surface area contributed by atoms with Crippen molar-refractivity contribution < 1.29 is 15.0 Å². The van der Waals surface area contributed by atoms with E-state index in [1.165, 1.54) is 23.1 Å². The van der Waals surface area contributed by atoms with Gasteiger partial charge in [-0.1, -0.05) is 13.8 Å². The summed E-state index contributed by atoms with van der Waals surface area (Å²) in [5, 5.41) is 20.2. The molecule has 1 aliphatic heterocycles. The van der Waals surface area contributed by atoms with Gasteiger partial charge in [0.15, 0.2) is 5.78 Å². The van der Waals surface area contributed by atoms with E-state index in [9.17, 15) is 15.0 Å². The molecule has 4 N–H and O–H groups in total. The molecule has 2 rings (SSSR count). The molecule has 2 unspecified atom stereocenters. The number of ketones is 1. The molecule has 1 aromatic heterocycles. The predicted octanol–water partition coefficient (Wildman–Crippen LogP) is 1.43. The molecule has 1 saturated heterocycles. The Bertz CT molecular complexity index is 506. The Balaban J connectivity index is 2.39. The smallest absolute Gasteiger partial charge is 0.177 e. The first-order valence-corrected chi connectivity index (χ1v) is 8.52. The van der Waals surface area contributed by atoms with E-state index in [0.717, 1.165) is 9.90 Å². The van der Waals surface area contributed by atoms with Gasteiger partial charge in [-0.2, -0.15) is 0 Å². The lowest BCUT2D eigenvalue weighted by Gasteiger charge is -2.16. The van der Waals surface area contributed by atoms with Gasteiger partial charge in [0.05, 0.1) is 27.7 Å². The van der Waals surface area contributed by atoms with E-state index in [1.54, 1.807) is 0 Å². The lowest BCUT2D eigenvalue weighted by Crippen LogP contribution is -2.22. The Morgan fingerprint density at radius 3 is 2.40 bits per heavy atom. The molecule has 0 aliphatic carbocycles. The van der Waals surface area contributed by atoms with E-state index in [1.807, 2.05) is 25.0 Å². The number of rotatable bonds is 4. The van der Waals surface area contributed by atoms with E-state index in [0.29, 0.717) is 23.7 Å². The van der Waals surface area contributed by atoms with Gasteiger partial charge < -0.3 is 20.8 Å². The van der Waals surface area contributed by atoms with Crippen LogP contribution in [0.15, 0.2) is 4.90 Å². The normalized spacial score (nSPS) is 22.8. The van der Waals surface area contributed by atoms with Crippen LogP contribution in [-0.4, -0.2) is 47.5 Å². The first-order valence-electron chi connectivity index (χ1n) is 6.48. The summed E-state index contributed by atoms with van der Waals surface area (Å²) in [6.07, 6.45) is 0.406. The van der Waals surface area contributed by atoms with E-state index in [-0.39, 0.29) is 11.7 Å². The minimum absolute atomic E-state index is 0.0364. The number of thioether (sulfide) groups is 1. The molecule has 112 valence electrons. The number of nitrogen functional groups attached to an aromatic ring is 1. The topological polar surface area (TPSA) is 86.8 Å². The minimum atomic E-state index is -0.753. The first kappa shape index (κ1) is 15.6. The summed E-state index contributed by atoms with van der Waals surface area (Å²) in [6, 6.07) is 0. The summed E-state index contributed by atoms with van der Waals surface area (Å²) < 4.78 is 0. The van der Waals surface area contributed by atoms with E-state index in [2.05, 4.69) is 0 Å². The van der Waals surface area contributed by atoms with Crippen LogP contribution in [0, 0.1) is 5.92 Å². The molecule has 0 aromatic carbocycles. The highest BCUT2D eigenvalue weighted by Crippen LogP contribution is 2.45. The van der Waals surface area contributed by atoms with Crippen molar-refractivity contribution in [3.63, 3.8) is 0 Å². The van der Waals surface area contributed by atoms with E-state index >= 15 is 0 Å². The summed E-state index contributed by atoms with van der Waals surface area (Å²) in [4.78, 5) is 15.5. The van der Waals surface area contributed by atoms with E-state index < -0.39 is 12.2 Å². The zero-order valence-electron chi connectivity index (χ0n) is 11.8. The van der Waals surface area contributed by atoms with Crippen molar-refractivity contribution in [2.75, 3.05) is 30.0 Å². The molecule has 1 fully saturated rings. The maximum atomic E-state index is 12.2. The van der Waals surface area contributed by atoms with Crippen LogP contribution in [0.4, 0.5) is 10.7 Å². The standard InChI is InChI=1S/C13H20N2O3S2/c1-6(2)10(18)11-9(14)12(19-3)13(20-11)15-4-7(16)8(17)5-15/h6-8,16-17H,4-5,14H2,1-3H3. The van der Waals surface area contributed by atoms with Gasteiger partial charge in [-0.3, -0.25) is 4.79 Å². The number of thiophene rings is 1. The Morgan fingerprint density at radius 1 is 1.40 bits per heavy atom. The predicted molar refractivity (Wildman–Crippen MR) is 83.9 cm³/mol. The Labute approximate surface area is 126 Å². The molecule has 20 heavy (non-hydrogen) atoms. The molecule has 0 amide bonds. The molecule has 2 heterocycles. The van der Waals surface area contributed by atoms with Gasteiger partial charge in [-0.05, 0) is 6.26 Å².